The molecule has 40 heavy (non-hydrogen) atoms. The van der Waals surface area contributed by atoms with Crippen LogP contribution in [0.4, 0.5) is 5.00 Å². The molecule has 6 N–H and O–H groups in total. The molecule has 0 radical (unpaired) electrons. The summed E-state index contributed by atoms with van der Waals surface area (Å²) >= 11 is 1.53. The van der Waals surface area contributed by atoms with Crippen LogP contribution in [0.3, 0.4) is 0 Å². The van der Waals surface area contributed by atoms with Crippen LogP contribution in [-0.4, -0.2) is 114 Å². The van der Waals surface area contributed by atoms with E-state index in [9.17, 15) is 9.59 Å². The van der Waals surface area contributed by atoms with E-state index in [-0.39, 0.29) is 11.9 Å². The van der Waals surface area contributed by atoms with Crippen LogP contribution in [0, 0.1) is 0 Å². The van der Waals surface area contributed by atoms with Gasteiger partial charge >= 0.3 is 29.8 Å². The number of nitrogens with one attached hydrogen (secondary N) is 2. The quantitative estimate of drug-likeness (QED) is 0.123. The van der Waals surface area contributed by atoms with Gasteiger partial charge in [0.25, 0.3) is 0 Å². The lowest BCUT2D eigenvalue weighted by molar-refractivity contribution is -0.159. The number of carboxylic acids is 4. The highest BCUT2D eigenvalue weighted by Crippen LogP contribution is 2.39. The highest BCUT2D eigenvalue weighted by molar-refractivity contribution is 7.17. The molecule has 1 saturated heterocycles. The molecule has 0 aromatic carbocycles. The number of nitrogens with zero attached hydrogens (tertiary/aromatic N) is 1. The van der Waals surface area contributed by atoms with Crippen molar-refractivity contribution in [2.75, 3.05) is 57.9 Å². The van der Waals surface area contributed by atoms with Crippen LogP contribution in [-0.2, 0) is 46.3 Å². The molecule has 0 unspecified atom stereocenters. The molecule has 1 fully saturated rings. The van der Waals surface area contributed by atoms with Gasteiger partial charge in [-0.05, 0) is 51.3 Å². The summed E-state index contributed by atoms with van der Waals surface area (Å²) in [5.74, 6) is -7.68. The molecule has 16 heteroatoms. The van der Waals surface area contributed by atoms with Crippen molar-refractivity contribution in [1.29, 1.82) is 0 Å². The maximum absolute atomic E-state index is 12.3. The second kappa shape index (κ2) is 18.6. The van der Waals surface area contributed by atoms with Crippen LogP contribution in [0.5, 0.6) is 0 Å². The number of aliphatic carboxylic acids is 4. The highest BCUT2D eigenvalue weighted by atomic mass is 32.1. The van der Waals surface area contributed by atoms with Crippen molar-refractivity contribution in [3.8, 4) is 0 Å². The smallest absolute Gasteiger partial charge is 0.414 e. The molecule has 3 rings (SSSR count). The van der Waals surface area contributed by atoms with E-state index in [1.165, 1.54) is 16.2 Å². The molecule has 1 aromatic heterocycles. The topological polar surface area (TPSA) is 229 Å². The Kier molecular flexibility index (Phi) is 16.0. The number of amides is 1. The molecule has 1 aliphatic heterocycles. The lowest BCUT2D eigenvalue weighted by Crippen LogP contribution is -2.37. The summed E-state index contributed by atoms with van der Waals surface area (Å²) in [7, 11) is 0. The van der Waals surface area contributed by atoms with Gasteiger partial charge in [-0.2, -0.15) is 0 Å². The summed E-state index contributed by atoms with van der Waals surface area (Å²) in [6.45, 7) is 8.40. The van der Waals surface area contributed by atoms with Crippen LogP contribution < -0.4 is 10.6 Å². The molecular weight excluding hydrogens is 554 g/mol. The fraction of sp³-hybridized carbons (Fsp3) is 0.583. The van der Waals surface area contributed by atoms with Gasteiger partial charge in [0.1, 0.15) is 5.00 Å². The Morgan fingerprint density at radius 2 is 1.52 bits per heavy atom. The summed E-state index contributed by atoms with van der Waals surface area (Å²) in [4.78, 5) is 64.7. The average molecular weight is 590 g/mol. The van der Waals surface area contributed by atoms with Crippen molar-refractivity contribution >= 4 is 52.1 Å². The Bertz CT molecular complexity index is 989. The largest absolute Gasteiger partial charge is 0.473 e. The van der Waals surface area contributed by atoms with Crippen LogP contribution in [0.15, 0.2) is 0 Å². The first-order chi connectivity index (χ1) is 19.0. The van der Waals surface area contributed by atoms with Crippen molar-refractivity contribution in [2.24, 2.45) is 0 Å². The highest BCUT2D eigenvalue weighted by Gasteiger charge is 2.28. The number of anilines is 1. The first kappa shape index (κ1) is 34.4. The number of ether oxygens (including phenoxy) is 2. The van der Waals surface area contributed by atoms with Crippen LogP contribution >= 0.6 is 11.3 Å². The number of carboxylic acid groups (broad SMARTS) is 4. The summed E-state index contributed by atoms with van der Waals surface area (Å²) in [6, 6.07) is 0. The number of fused-ring (bicyclic) bond motifs is 1. The Morgan fingerprint density at radius 1 is 0.925 bits per heavy atom. The second-order valence-corrected chi connectivity index (χ2v) is 9.46. The molecule has 1 aliphatic carbocycles. The SMILES string of the molecule is CCOC(=O)c1c(NC(=O)CCNCCCN2CCOCC2)sc2c1CCC2.O=C(O)C(=O)O.O=C(O)C(=O)O. The first-order valence-corrected chi connectivity index (χ1v) is 13.3. The van der Waals surface area contributed by atoms with E-state index in [4.69, 9.17) is 49.1 Å². The summed E-state index contributed by atoms with van der Waals surface area (Å²) in [6.07, 6.45) is 4.39. The molecular formula is C24H35N3O12S. The third-order valence-corrected chi connectivity index (χ3v) is 6.69. The minimum atomic E-state index is -1.82. The van der Waals surface area contributed by atoms with E-state index in [0.29, 0.717) is 30.1 Å². The number of carbonyl (C=O) groups excluding carboxylic acids is 2. The molecule has 0 bridgehead atoms. The van der Waals surface area contributed by atoms with E-state index in [1.54, 1.807) is 6.92 Å². The number of hydrogen-bond donors (Lipinski definition) is 6. The van der Waals surface area contributed by atoms with Gasteiger partial charge in [0.2, 0.25) is 5.91 Å². The van der Waals surface area contributed by atoms with Gasteiger partial charge in [0, 0.05) is 30.9 Å². The second-order valence-electron chi connectivity index (χ2n) is 8.36. The van der Waals surface area contributed by atoms with Gasteiger partial charge in [-0.15, -0.1) is 11.3 Å². The Hall–Kier alpha value is -3.60. The minimum Gasteiger partial charge on any atom is -0.473 e. The number of aryl methyl sites for hydroxylation is 1. The zero-order valence-electron chi connectivity index (χ0n) is 22.1. The minimum absolute atomic E-state index is 0.0637. The van der Waals surface area contributed by atoms with Crippen molar-refractivity contribution in [3.63, 3.8) is 0 Å². The van der Waals surface area contributed by atoms with Gasteiger partial charge < -0.3 is 40.5 Å². The maximum Gasteiger partial charge on any atom is 0.414 e. The van der Waals surface area contributed by atoms with E-state index in [2.05, 4.69) is 15.5 Å². The Balaban J connectivity index is 0.000000559. The molecule has 224 valence electrons. The van der Waals surface area contributed by atoms with Gasteiger partial charge in [-0.3, -0.25) is 9.69 Å². The van der Waals surface area contributed by atoms with Gasteiger partial charge in [-0.1, -0.05) is 0 Å². The van der Waals surface area contributed by atoms with Crippen molar-refractivity contribution in [1.82, 2.24) is 10.2 Å². The lowest BCUT2D eigenvalue weighted by atomic mass is 10.1. The molecule has 2 aliphatic rings. The maximum atomic E-state index is 12.3. The molecule has 0 saturated carbocycles. The van der Waals surface area contributed by atoms with Crippen LogP contribution in [0.2, 0.25) is 0 Å². The average Bonchev–Trinajstić information content (AvgIpc) is 3.48. The number of rotatable bonds is 10. The third-order valence-electron chi connectivity index (χ3n) is 5.48. The van der Waals surface area contributed by atoms with Gasteiger partial charge in [0.05, 0.1) is 25.4 Å². The first-order valence-electron chi connectivity index (χ1n) is 12.5. The van der Waals surface area contributed by atoms with E-state index >= 15 is 0 Å². The third kappa shape index (κ3) is 13.0. The molecule has 0 spiro atoms. The molecule has 1 aromatic rings. The van der Waals surface area contributed by atoms with E-state index in [0.717, 1.165) is 70.6 Å². The van der Waals surface area contributed by atoms with Crippen molar-refractivity contribution < 1.29 is 58.7 Å². The number of morpholine rings is 1. The fourth-order valence-corrected chi connectivity index (χ4v) is 4.97. The zero-order valence-corrected chi connectivity index (χ0v) is 22.9. The fourth-order valence-electron chi connectivity index (χ4n) is 3.68. The number of hydrogen-bond acceptors (Lipinski definition) is 11. The summed E-state index contributed by atoms with van der Waals surface area (Å²) in [5.41, 5.74) is 1.64. The Labute approximate surface area is 234 Å². The summed E-state index contributed by atoms with van der Waals surface area (Å²) in [5, 5.41) is 36.5. The van der Waals surface area contributed by atoms with Crippen LogP contribution in [0.25, 0.3) is 0 Å². The molecule has 1 amide bonds. The predicted octanol–water partition coefficient (Wildman–Crippen LogP) is 0.365. The van der Waals surface area contributed by atoms with Crippen molar-refractivity contribution in [2.45, 2.75) is 39.0 Å². The number of esters is 1. The Morgan fingerprint density at radius 3 is 2.08 bits per heavy atom. The lowest BCUT2D eigenvalue weighted by Gasteiger charge is -2.26. The van der Waals surface area contributed by atoms with Crippen LogP contribution in [0.1, 0.15) is 47.0 Å². The molecule has 0 atom stereocenters. The molecule has 15 nitrogen and oxygen atoms in total. The predicted molar refractivity (Wildman–Crippen MR) is 141 cm³/mol. The summed E-state index contributed by atoms with van der Waals surface area (Å²) < 4.78 is 10.5. The monoisotopic (exact) mass is 589 g/mol. The van der Waals surface area contributed by atoms with Crippen molar-refractivity contribution in [3.05, 3.63) is 16.0 Å². The number of carbonyl (C=O) groups is 6. The molecule has 2 heterocycles. The van der Waals surface area contributed by atoms with E-state index in [1.807, 2.05) is 0 Å². The zero-order chi connectivity index (χ0) is 30.1. The standard InChI is InChI=1S/C20H31N3O4S.2C2H2O4/c1-2-27-20(25)18-15-5-3-6-16(15)28-19(18)22-17(24)7-9-21-8-4-10-23-11-13-26-14-12-23;2*3-1(4)2(5)6/h21H,2-14H2,1H3,(H,22,24);2*(H,3,4)(H,5,6). The number of thiophene rings is 1. The normalized spacial score (nSPS) is 13.9. The van der Waals surface area contributed by atoms with Gasteiger partial charge in [0.15, 0.2) is 0 Å². The van der Waals surface area contributed by atoms with E-state index < -0.39 is 23.9 Å². The van der Waals surface area contributed by atoms with Gasteiger partial charge in [-0.25, -0.2) is 24.0 Å².